The van der Waals surface area contributed by atoms with Crippen molar-refractivity contribution in [3.8, 4) is 0 Å². The number of aliphatic carboxylic acids is 1. The van der Waals surface area contributed by atoms with E-state index >= 15 is 0 Å². The van der Waals surface area contributed by atoms with Crippen molar-refractivity contribution in [2.24, 2.45) is 0 Å². The largest absolute Gasteiger partial charge is 0.480 e. The average molecular weight is 302 g/mol. The molecule has 0 spiro atoms. The Hall–Kier alpha value is -1.30. The van der Waals surface area contributed by atoms with Gasteiger partial charge in [0.15, 0.2) is 0 Å². The molecule has 1 saturated heterocycles. The molecule has 6 heteroatoms. The van der Waals surface area contributed by atoms with Gasteiger partial charge in [-0.2, -0.15) is 0 Å². The molecule has 2 atom stereocenters. The number of hydrogen-bond donors (Lipinski definition) is 1. The van der Waals surface area contributed by atoms with E-state index in [1.807, 2.05) is 0 Å². The molecule has 5 nitrogen and oxygen atoms in total. The average Bonchev–Trinajstić information content (AvgIpc) is 2.84. The predicted octanol–water partition coefficient (Wildman–Crippen LogP) is 1.27. The maximum Gasteiger partial charge on any atom is 0.326 e. The van der Waals surface area contributed by atoms with Crippen LogP contribution in [0.25, 0.3) is 0 Å². The van der Waals surface area contributed by atoms with Crippen LogP contribution in [0, 0.1) is 0 Å². The van der Waals surface area contributed by atoms with Crippen LogP contribution in [-0.2, 0) is 16.0 Å². The number of carbonyl (C=O) groups excluding carboxylic acids is 1. The Balaban J connectivity index is 2.12. The molecule has 0 aromatic carbocycles. The minimum atomic E-state index is -1.00. The van der Waals surface area contributed by atoms with Crippen molar-refractivity contribution in [3.63, 3.8) is 0 Å². The minimum absolute atomic E-state index is 0.0356. The van der Waals surface area contributed by atoms with E-state index in [9.17, 15) is 14.7 Å². The van der Waals surface area contributed by atoms with Crippen LogP contribution in [0.1, 0.15) is 12.2 Å². The van der Waals surface area contributed by atoms with Crippen LogP contribution in [0.2, 0.25) is 0 Å². The number of rotatable bonds is 4. The number of nitrogens with zero attached hydrogens (tertiary/aromatic N) is 1. The van der Waals surface area contributed by atoms with Gasteiger partial charge < -0.3 is 14.4 Å². The zero-order valence-corrected chi connectivity index (χ0v) is 10.6. The van der Waals surface area contributed by atoms with Gasteiger partial charge in [0.1, 0.15) is 11.8 Å². The number of carbonyl (C=O) groups is 2. The molecule has 2 rings (SSSR count). The Labute approximate surface area is 107 Å². The van der Waals surface area contributed by atoms with Crippen LogP contribution in [-0.4, -0.2) is 39.3 Å². The summed E-state index contributed by atoms with van der Waals surface area (Å²) in [5.41, 5.74) is 0. The summed E-state index contributed by atoms with van der Waals surface area (Å²) >= 11 is 3.34. The third-order valence-electron chi connectivity index (χ3n) is 2.75. The molecule has 1 N–H and O–H groups in total. The fraction of sp³-hybridized carbons (Fsp3) is 0.455. The summed E-state index contributed by atoms with van der Waals surface area (Å²) in [6.07, 6.45) is 2.04. The number of carboxylic acids is 1. The molecule has 92 valence electrons. The Morgan fingerprint density at radius 2 is 2.47 bits per heavy atom. The van der Waals surface area contributed by atoms with Gasteiger partial charge in [-0.15, -0.1) is 0 Å². The molecule has 1 aliphatic rings. The van der Waals surface area contributed by atoms with Crippen molar-refractivity contribution in [2.45, 2.75) is 23.7 Å². The van der Waals surface area contributed by atoms with Crippen LogP contribution in [0.3, 0.4) is 0 Å². The zero-order valence-electron chi connectivity index (χ0n) is 9.01. The van der Waals surface area contributed by atoms with E-state index in [1.54, 1.807) is 12.1 Å². The third kappa shape index (κ3) is 2.69. The molecule has 0 bridgehead atoms. The van der Waals surface area contributed by atoms with Crippen LogP contribution >= 0.6 is 15.9 Å². The lowest BCUT2D eigenvalue weighted by Crippen LogP contribution is -2.43. The van der Waals surface area contributed by atoms with Crippen LogP contribution < -0.4 is 0 Å². The Morgan fingerprint density at radius 1 is 1.71 bits per heavy atom. The summed E-state index contributed by atoms with van der Waals surface area (Å²) in [5.74, 6) is -0.564. The Kier molecular flexibility index (Phi) is 3.51. The van der Waals surface area contributed by atoms with Crippen molar-refractivity contribution in [1.82, 2.24) is 4.90 Å². The van der Waals surface area contributed by atoms with E-state index in [0.717, 1.165) is 0 Å². The number of likely N-dealkylation sites (tertiary alicyclic amines) is 1. The lowest BCUT2D eigenvalue weighted by Gasteiger charge is -2.23. The van der Waals surface area contributed by atoms with E-state index in [-0.39, 0.29) is 17.2 Å². The molecule has 1 aromatic rings. The van der Waals surface area contributed by atoms with E-state index in [1.165, 1.54) is 11.2 Å². The minimum Gasteiger partial charge on any atom is -0.480 e. The van der Waals surface area contributed by atoms with Gasteiger partial charge in [0.25, 0.3) is 0 Å². The highest BCUT2D eigenvalue weighted by atomic mass is 79.9. The lowest BCUT2D eigenvalue weighted by atomic mass is 10.1. The summed E-state index contributed by atoms with van der Waals surface area (Å²) in [4.78, 5) is 24.3. The monoisotopic (exact) mass is 301 g/mol. The molecule has 1 aliphatic heterocycles. The third-order valence-corrected chi connectivity index (χ3v) is 3.36. The van der Waals surface area contributed by atoms with Gasteiger partial charge in [0, 0.05) is 24.2 Å². The summed E-state index contributed by atoms with van der Waals surface area (Å²) < 4.78 is 5.12. The molecule has 1 amide bonds. The summed E-state index contributed by atoms with van der Waals surface area (Å²) in [6.45, 7) is 0.427. The molecule has 2 unspecified atom stereocenters. The molecule has 0 aliphatic carbocycles. The van der Waals surface area contributed by atoms with E-state index in [2.05, 4.69) is 15.9 Å². The topological polar surface area (TPSA) is 70.8 Å². The SMILES string of the molecule is O=C(O)C(Cc1ccco1)N1CC(Br)CC1=O. The number of hydrogen-bond acceptors (Lipinski definition) is 3. The van der Waals surface area contributed by atoms with E-state index in [4.69, 9.17) is 4.42 Å². The van der Waals surface area contributed by atoms with Crippen LogP contribution in [0.5, 0.6) is 0 Å². The van der Waals surface area contributed by atoms with E-state index < -0.39 is 12.0 Å². The maximum atomic E-state index is 11.7. The first-order chi connectivity index (χ1) is 8.08. The standard InChI is InChI=1S/C11H12BrNO4/c12-7-4-10(14)13(6-7)9(11(15)16)5-8-2-1-3-17-8/h1-3,7,9H,4-6H2,(H,15,16). The summed E-state index contributed by atoms with van der Waals surface area (Å²) in [7, 11) is 0. The second-order valence-electron chi connectivity index (χ2n) is 3.99. The van der Waals surface area contributed by atoms with Gasteiger partial charge in [-0.25, -0.2) is 4.79 Å². The van der Waals surface area contributed by atoms with E-state index in [0.29, 0.717) is 18.7 Å². The number of amides is 1. The molecule has 1 aromatic heterocycles. The number of carboxylic acid groups (broad SMARTS) is 1. The fourth-order valence-corrected chi connectivity index (χ4v) is 2.53. The first-order valence-corrected chi connectivity index (χ1v) is 6.18. The highest BCUT2D eigenvalue weighted by molar-refractivity contribution is 9.09. The molecular weight excluding hydrogens is 290 g/mol. The normalized spacial score (nSPS) is 21.8. The molecule has 2 heterocycles. The molecule has 1 fully saturated rings. The van der Waals surface area contributed by atoms with Crippen molar-refractivity contribution >= 4 is 27.8 Å². The first-order valence-electron chi connectivity index (χ1n) is 5.26. The number of alkyl halides is 1. The van der Waals surface area contributed by atoms with Gasteiger partial charge in [-0.05, 0) is 12.1 Å². The van der Waals surface area contributed by atoms with Gasteiger partial charge >= 0.3 is 5.97 Å². The van der Waals surface area contributed by atoms with Crippen LogP contribution in [0.4, 0.5) is 0 Å². The number of halogens is 1. The second-order valence-corrected chi connectivity index (χ2v) is 5.28. The molecule has 0 radical (unpaired) electrons. The smallest absolute Gasteiger partial charge is 0.326 e. The molecule has 17 heavy (non-hydrogen) atoms. The lowest BCUT2D eigenvalue weighted by molar-refractivity contribution is -0.148. The van der Waals surface area contributed by atoms with Crippen molar-refractivity contribution < 1.29 is 19.1 Å². The fourth-order valence-electron chi connectivity index (χ4n) is 1.94. The molecular formula is C11H12BrNO4. The Bertz CT molecular complexity index is 417. The summed E-state index contributed by atoms with van der Waals surface area (Å²) in [5, 5.41) is 9.19. The highest BCUT2D eigenvalue weighted by Gasteiger charge is 2.37. The zero-order chi connectivity index (χ0) is 12.4. The Morgan fingerprint density at radius 3 is 2.94 bits per heavy atom. The molecule has 0 saturated carbocycles. The van der Waals surface area contributed by atoms with Gasteiger partial charge in [-0.1, -0.05) is 15.9 Å². The van der Waals surface area contributed by atoms with Gasteiger partial charge in [0.05, 0.1) is 6.26 Å². The highest BCUT2D eigenvalue weighted by Crippen LogP contribution is 2.22. The quantitative estimate of drug-likeness (QED) is 0.850. The van der Waals surface area contributed by atoms with Crippen molar-refractivity contribution in [2.75, 3.05) is 6.54 Å². The van der Waals surface area contributed by atoms with Crippen LogP contribution in [0.15, 0.2) is 22.8 Å². The van der Waals surface area contributed by atoms with Gasteiger partial charge in [0.2, 0.25) is 5.91 Å². The summed E-state index contributed by atoms with van der Waals surface area (Å²) in [6, 6.07) is 2.56. The van der Waals surface area contributed by atoms with Crippen molar-refractivity contribution in [3.05, 3.63) is 24.2 Å². The van der Waals surface area contributed by atoms with Crippen molar-refractivity contribution in [1.29, 1.82) is 0 Å². The second kappa shape index (κ2) is 4.91. The number of furan rings is 1. The maximum absolute atomic E-state index is 11.7. The first kappa shape index (κ1) is 12.2. The predicted molar refractivity (Wildman–Crippen MR) is 62.9 cm³/mol. The van der Waals surface area contributed by atoms with Gasteiger partial charge in [-0.3, -0.25) is 4.79 Å².